The number of methoxy groups -OCH3 is 2. The summed E-state index contributed by atoms with van der Waals surface area (Å²) in [6.07, 6.45) is 1.59. The number of allylic oxidation sites excluding steroid dienone is 1. The summed E-state index contributed by atoms with van der Waals surface area (Å²) in [6, 6.07) is 0. The molecule has 0 rings (SSSR count). The second-order valence-corrected chi connectivity index (χ2v) is 1.95. The number of hydrogen-bond donors (Lipinski definition) is 0. The molecule has 0 spiro atoms. The number of ether oxygens (including phenoxy) is 2. The minimum Gasteiger partial charge on any atom is -0.616 e. The Bertz CT molecular complexity index is 210. The summed E-state index contributed by atoms with van der Waals surface area (Å²) in [7, 11) is 2.41. The van der Waals surface area contributed by atoms with Crippen molar-refractivity contribution in [2.75, 3.05) is 14.2 Å². The van der Waals surface area contributed by atoms with Gasteiger partial charge in [0, 0.05) is 0 Å². The van der Waals surface area contributed by atoms with Crippen molar-refractivity contribution >= 4 is 5.97 Å². The molecule has 0 aromatic carbocycles. The molecule has 13 heavy (non-hydrogen) atoms. The topological polar surface area (TPSA) is 58.6 Å². The van der Waals surface area contributed by atoms with Crippen LogP contribution in [0.2, 0.25) is 0 Å². The Morgan fingerprint density at radius 1 is 1.46 bits per heavy atom. The second-order valence-electron chi connectivity index (χ2n) is 1.95. The molecule has 0 radical (unpaired) electrons. The second kappa shape index (κ2) is 8.16. The molecule has 0 N–H and O–H groups in total. The van der Waals surface area contributed by atoms with Crippen molar-refractivity contribution in [2.24, 2.45) is 0 Å². The van der Waals surface area contributed by atoms with Crippen LogP contribution in [-0.4, -0.2) is 20.2 Å². The number of hydrogen-bond acceptors (Lipinski definition) is 4. The summed E-state index contributed by atoms with van der Waals surface area (Å²) in [5.41, 5.74) is -0.0463. The first-order valence-corrected chi connectivity index (χ1v) is 3.30. The summed E-state index contributed by atoms with van der Waals surface area (Å²) >= 11 is 0. The Kier molecular flexibility index (Phi) is 9.44. The minimum absolute atomic E-state index is 0. The van der Waals surface area contributed by atoms with Gasteiger partial charge in [-0.15, -0.1) is 6.58 Å². The first-order valence-electron chi connectivity index (χ1n) is 3.30. The fourth-order valence-electron chi connectivity index (χ4n) is 0.641. The van der Waals surface area contributed by atoms with Crippen LogP contribution in [0.25, 0.3) is 0 Å². The largest absolute Gasteiger partial charge is 1.00 e. The van der Waals surface area contributed by atoms with Gasteiger partial charge in [0.25, 0.3) is 0 Å². The van der Waals surface area contributed by atoms with Crippen molar-refractivity contribution < 1.29 is 48.9 Å². The molecule has 5 heteroatoms. The molecule has 0 unspecified atom stereocenters. The molecule has 0 aliphatic carbocycles. The van der Waals surface area contributed by atoms with Gasteiger partial charge in [0.05, 0.1) is 18.6 Å². The van der Waals surface area contributed by atoms with Crippen LogP contribution in [-0.2, 0) is 14.3 Å². The Hall–Kier alpha value is -0.450. The van der Waals surface area contributed by atoms with E-state index in [4.69, 9.17) is 0 Å². The summed E-state index contributed by atoms with van der Waals surface area (Å²) in [4.78, 5) is 10.9. The number of esters is 1. The van der Waals surface area contributed by atoms with Gasteiger partial charge in [-0.1, -0.05) is 6.08 Å². The van der Waals surface area contributed by atoms with Gasteiger partial charge in [-0.05, 0) is 13.5 Å². The van der Waals surface area contributed by atoms with Gasteiger partial charge in [-0.25, -0.2) is 4.79 Å². The molecule has 68 valence electrons. The molecule has 0 heterocycles. The SMILES string of the molecule is C=CCC(C(=O)OC)=C([O-])OC.[Na+]. The molecule has 0 aliphatic heterocycles. The Morgan fingerprint density at radius 2 is 2.00 bits per heavy atom. The third-order valence-electron chi connectivity index (χ3n) is 1.21. The molecule has 0 atom stereocenters. The summed E-state index contributed by atoms with van der Waals surface area (Å²) in [5.74, 6) is -1.36. The molecular formula is C8H11NaO4. The maximum absolute atomic E-state index is 10.9. The van der Waals surface area contributed by atoms with Gasteiger partial charge in [0.2, 0.25) is 0 Å². The van der Waals surface area contributed by atoms with Crippen molar-refractivity contribution in [3.8, 4) is 0 Å². The number of carbonyl (C=O) groups is 1. The van der Waals surface area contributed by atoms with Gasteiger partial charge in [-0.2, -0.15) is 0 Å². The van der Waals surface area contributed by atoms with Crippen LogP contribution in [0.15, 0.2) is 24.2 Å². The molecule has 0 aliphatic rings. The van der Waals surface area contributed by atoms with E-state index in [-0.39, 0.29) is 41.6 Å². The van der Waals surface area contributed by atoms with E-state index in [1.54, 1.807) is 0 Å². The van der Waals surface area contributed by atoms with Crippen LogP contribution in [0.1, 0.15) is 6.42 Å². The predicted molar refractivity (Wildman–Crippen MR) is 40.9 cm³/mol. The Morgan fingerprint density at radius 3 is 2.31 bits per heavy atom. The first-order chi connectivity index (χ1) is 5.67. The molecule has 0 aromatic rings. The smallest absolute Gasteiger partial charge is 0.616 e. The van der Waals surface area contributed by atoms with Crippen LogP contribution in [0.5, 0.6) is 0 Å². The van der Waals surface area contributed by atoms with Gasteiger partial charge < -0.3 is 14.6 Å². The van der Waals surface area contributed by atoms with Crippen molar-refractivity contribution in [2.45, 2.75) is 6.42 Å². The zero-order valence-electron chi connectivity index (χ0n) is 8.12. The molecule has 0 aromatic heterocycles. The van der Waals surface area contributed by atoms with Crippen molar-refractivity contribution in [3.63, 3.8) is 0 Å². The average molecular weight is 194 g/mol. The van der Waals surface area contributed by atoms with E-state index in [0.717, 1.165) is 0 Å². The standard InChI is InChI=1S/C8H12O4.Na/c1-4-5-6(7(9)11-2)8(10)12-3;/h4,9H,1,5H2,2-3H3;/q;+1/p-1. The summed E-state index contributed by atoms with van der Waals surface area (Å²) in [5, 5.41) is 10.9. The van der Waals surface area contributed by atoms with Gasteiger partial charge >= 0.3 is 35.5 Å². The molecule has 0 fully saturated rings. The molecule has 4 nitrogen and oxygen atoms in total. The van der Waals surface area contributed by atoms with Gasteiger partial charge in [0.15, 0.2) is 0 Å². The van der Waals surface area contributed by atoms with E-state index < -0.39 is 11.9 Å². The van der Waals surface area contributed by atoms with Crippen LogP contribution >= 0.6 is 0 Å². The third-order valence-corrected chi connectivity index (χ3v) is 1.21. The van der Waals surface area contributed by atoms with E-state index in [9.17, 15) is 9.90 Å². The Balaban J connectivity index is 0. The molecule has 0 saturated heterocycles. The zero-order chi connectivity index (χ0) is 9.56. The average Bonchev–Trinajstić information content (AvgIpc) is 2.11. The quantitative estimate of drug-likeness (QED) is 0.157. The van der Waals surface area contributed by atoms with Crippen LogP contribution in [0.4, 0.5) is 0 Å². The van der Waals surface area contributed by atoms with E-state index in [2.05, 4.69) is 16.1 Å². The summed E-state index contributed by atoms with van der Waals surface area (Å²) in [6.45, 7) is 3.40. The van der Waals surface area contributed by atoms with Crippen molar-refractivity contribution in [1.82, 2.24) is 0 Å². The maximum Gasteiger partial charge on any atom is 1.00 e. The van der Waals surface area contributed by atoms with E-state index >= 15 is 0 Å². The van der Waals surface area contributed by atoms with Crippen LogP contribution in [0, 0.1) is 0 Å². The number of rotatable bonds is 4. The zero-order valence-corrected chi connectivity index (χ0v) is 10.1. The van der Waals surface area contributed by atoms with Crippen LogP contribution in [0.3, 0.4) is 0 Å². The third kappa shape index (κ3) is 4.98. The number of carbonyl (C=O) groups excluding carboxylic acids is 1. The van der Waals surface area contributed by atoms with Crippen molar-refractivity contribution in [1.29, 1.82) is 0 Å². The normalized spacial score (nSPS) is 10.6. The maximum atomic E-state index is 10.9. The monoisotopic (exact) mass is 194 g/mol. The van der Waals surface area contributed by atoms with E-state index in [1.807, 2.05) is 0 Å². The fraction of sp³-hybridized carbons (Fsp3) is 0.375. The minimum atomic E-state index is -0.679. The summed E-state index contributed by atoms with van der Waals surface area (Å²) < 4.78 is 8.73. The molecule has 0 bridgehead atoms. The van der Waals surface area contributed by atoms with Gasteiger partial charge in [0.1, 0.15) is 0 Å². The molecule has 0 amide bonds. The van der Waals surface area contributed by atoms with Crippen LogP contribution < -0.4 is 34.7 Å². The predicted octanol–water partition coefficient (Wildman–Crippen LogP) is -3.04. The van der Waals surface area contributed by atoms with Crippen molar-refractivity contribution in [3.05, 3.63) is 24.2 Å². The molecule has 0 saturated carbocycles. The first kappa shape index (κ1) is 15.0. The van der Waals surface area contributed by atoms with E-state index in [1.165, 1.54) is 20.3 Å². The fourth-order valence-corrected chi connectivity index (χ4v) is 0.641. The Labute approximate surface area is 99.5 Å². The van der Waals surface area contributed by atoms with Gasteiger partial charge in [-0.3, -0.25) is 0 Å². The molecular weight excluding hydrogens is 183 g/mol. The van der Waals surface area contributed by atoms with E-state index in [0.29, 0.717) is 0 Å².